The molecule has 0 heterocycles. The van der Waals surface area contributed by atoms with Gasteiger partial charge >= 0.3 is 0 Å². The van der Waals surface area contributed by atoms with Gasteiger partial charge in [0, 0.05) is 28.4 Å². The third-order valence-electron chi connectivity index (χ3n) is 4.37. The lowest BCUT2D eigenvalue weighted by molar-refractivity contribution is 0.213. The highest BCUT2D eigenvalue weighted by atomic mass is 35.5. The number of nitrogen functional groups attached to an aromatic ring is 1. The normalized spacial score (nSPS) is 11.6. The quantitative estimate of drug-likeness (QED) is 0.565. The number of aliphatic hydroxyl groups excluding tert-OH is 2. The summed E-state index contributed by atoms with van der Waals surface area (Å²) >= 11 is 6.21. The minimum Gasteiger partial charge on any atom is -0.493 e. The Balaban J connectivity index is 0.000000696. The molecule has 0 saturated heterocycles. The molecule has 5 nitrogen and oxygen atoms in total. The van der Waals surface area contributed by atoms with Crippen LogP contribution in [-0.4, -0.2) is 31.0 Å². The fraction of sp³-hybridized carbons (Fsp3) is 0.455. The largest absolute Gasteiger partial charge is 0.493 e. The SMILES string of the molecule is CCCCO.COc1cccc(C(O)c2cc(Cl)cc(C(C)C)c2N)c1OC. The number of nitrogens with two attached hydrogens (primary N) is 1. The zero-order valence-corrected chi connectivity index (χ0v) is 18.1. The Morgan fingerprint density at radius 2 is 1.71 bits per heavy atom. The van der Waals surface area contributed by atoms with Crippen LogP contribution < -0.4 is 15.2 Å². The van der Waals surface area contributed by atoms with E-state index >= 15 is 0 Å². The van der Waals surface area contributed by atoms with Gasteiger partial charge < -0.3 is 25.4 Å². The monoisotopic (exact) mass is 409 g/mol. The van der Waals surface area contributed by atoms with E-state index in [4.69, 9.17) is 31.9 Å². The van der Waals surface area contributed by atoms with Gasteiger partial charge in [0.25, 0.3) is 0 Å². The molecule has 0 aromatic heterocycles. The van der Waals surface area contributed by atoms with Crippen LogP contribution in [0.3, 0.4) is 0 Å². The van der Waals surface area contributed by atoms with Gasteiger partial charge in [-0.2, -0.15) is 0 Å². The summed E-state index contributed by atoms with van der Waals surface area (Å²) in [5.41, 5.74) is 8.86. The van der Waals surface area contributed by atoms with E-state index in [1.165, 1.54) is 7.11 Å². The van der Waals surface area contributed by atoms with E-state index in [0.29, 0.717) is 39.9 Å². The Morgan fingerprint density at radius 3 is 2.18 bits per heavy atom. The zero-order valence-electron chi connectivity index (χ0n) is 17.3. The molecule has 2 aromatic rings. The first-order valence-corrected chi connectivity index (χ1v) is 9.78. The van der Waals surface area contributed by atoms with E-state index in [-0.39, 0.29) is 5.92 Å². The van der Waals surface area contributed by atoms with Gasteiger partial charge in [-0.3, -0.25) is 0 Å². The van der Waals surface area contributed by atoms with Gasteiger partial charge in [0.05, 0.1) is 14.2 Å². The van der Waals surface area contributed by atoms with Crippen molar-refractivity contribution < 1.29 is 19.7 Å². The molecule has 0 fully saturated rings. The summed E-state index contributed by atoms with van der Waals surface area (Å²) in [4.78, 5) is 0. The molecule has 0 saturated carbocycles. The second-order valence-corrected chi connectivity index (χ2v) is 7.15. The molecule has 2 aromatic carbocycles. The van der Waals surface area contributed by atoms with E-state index in [0.717, 1.165) is 18.4 Å². The second kappa shape index (κ2) is 11.8. The van der Waals surface area contributed by atoms with Gasteiger partial charge in [-0.15, -0.1) is 0 Å². The van der Waals surface area contributed by atoms with Crippen molar-refractivity contribution in [1.82, 2.24) is 0 Å². The summed E-state index contributed by atoms with van der Waals surface area (Å²) in [6.45, 7) is 6.46. The highest BCUT2D eigenvalue weighted by Crippen LogP contribution is 2.41. The van der Waals surface area contributed by atoms with Crippen molar-refractivity contribution in [2.24, 2.45) is 0 Å². The zero-order chi connectivity index (χ0) is 21.3. The van der Waals surface area contributed by atoms with E-state index in [9.17, 15) is 5.11 Å². The Hall–Kier alpha value is -1.95. The summed E-state index contributed by atoms with van der Waals surface area (Å²) in [5.74, 6) is 1.23. The first-order valence-electron chi connectivity index (χ1n) is 9.40. The van der Waals surface area contributed by atoms with Crippen molar-refractivity contribution in [1.29, 1.82) is 0 Å². The molecule has 0 aliphatic heterocycles. The van der Waals surface area contributed by atoms with Gasteiger partial charge in [-0.25, -0.2) is 0 Å². The lowest BCUT2D eigenvalue weighted by Gasteiger charge is -2.21. The van der Waals surface area contributed by atoms with Crippen LogP contribution in [0.4, 0.5) is 5.69 Å². The molecule has 0 aliphatic carbocycles. The maximum Gasteiger partial charge on any atom is 0.166 e. The molecule has 4 N–H and O–H groups in total. The fourth-order valence-corrected chi connectivity index (χ4v) is 3.05. The highest BCUT2D eigenvalue weighted by molar-refractivity contribution is 6.30. The topological polar surface area (TPSA) is 84.9 Å². The lowest BCUT2D eigenvalue weighted by Crippen LogP contribution is -2.09. The predicted octanol–water partition coefficient (Wildman–Crippen LogP) is 4.92. The van der Waals surface area contributed by atoms with E-state index in [2.05, 4.69) is 6.92 Å². The van der Waals surface area contributed by atoms with Crippen LogP contribution in [0, 0.1) is 0 Å². The summed E-state index contributed by atoms with van der Waals surface area (Å²) in [6.07, 6.45) is 1.08. The van der Waals surface area contributed by atoms with Crippen molar-refractivity contribution in [2.75, 3.05) is 26.6 Å². The van der Waals surface area contributed by atoms with Crippen molar-refractivity contribution in [3.05, 3.63) is 52.0 Å². The molecule has 0 amide bonds. The second-order valence-electron chi connectivity index (χ2n) is 6.72. The Bertz CT molecular complexity index is 748. The maximum absolute atomic E-state index is 10.9. The van der Waals surface area contributed by atoms with Crippen LogP contribution in [0.2, 0.25) is 5.02 Å². The van der Waals surface area contributed by atoms with Crippen LogP contribution in [0.1, 0.15) is 62.3 Å². The molecule has 0 aliphatic rings. The Labute approximate surface area is 173 Å². The minimum atomic E-state index is -0.962. The number of unbranched alkanes of at least 4 members (excludes halogenated alkanes) is 1. The molecular formula is C22H32ClNO4. The van der Waals surface area contributed by atoms with E-state index in [1.807, 2.05) is 19.9 Å². The van der Waals surface area contributed by atoms with Gasteiger partial charge in [0.1, 0.15) is 6.10 Å². The minimum absolute atomic E-state index is 0.201. The average molecular weight is 410 g/mol. The smallest absolute Gasteiger partial charge is 0.166 e. The Morgan fingerprint density at radius 1 is 1.07 bits per heavy atom. The molecule has 0 radical (unpaired) electrons. The number of aliphatic hydroxyl groups is 2. The maximum atomic E-state index is 10.9. The predicted molar refractivity (Wildman–Crippen MR) is 116 cm³/mol. The average Bonchev–Trinajstić information content (AvgIpc) is 2.69. The number of hydrogen-bond donors (Lipinski definition) is 3. The van der Waals surface area contributed by atoms with Crippen molar-refractivity contribution in [3.8, 4) is 11.5 Å². The number of rotatable bonds is 7. The van der Waals surface area contributed by atoms with Gasteiger partial charge in [-0.05, 0) is 36.1 Å². The van der Waals surface area contributed by atoms with E-state index in [1.54, 1.807) is 31.4 Å². The van der Waals surface area contributed by atoms with Crippen LogP contribution in [0.25, 0.3) is 0 Å². The molecule has 28 heavy (non-hydrogen) atoms. The first kappa shape index (κ1) is 24.1. The molecule has 6 heteroatoms. The molecule has 2 rings (SSSR count). The molecule has 0 bridgehead atoms. The summed E-state index contributed by atoms with van der Waals surface area (Å²) in [6, 6.07) is 8.87. The number of halogens is 1. The molecule has 156 valence electrons. The number of methoxy groups -OCH3 is 2. The van der Waals surface area contributed by atoms with Crippen molar-refractivity contribution in [3.63, 3.8) is 0 Å². The van der Waals surface area contributed by atoms with Crippen molar-refractivity contribution >= 4 is 17.3 Å². The van der Waals surface area contributed by atoms with Gasteiger partial charge in [0.2, 0.25) is 0 Å². The summed E-state index contributed by atoms with van der Waals surface area (Å²) < 4.78 is 10.7. The van der Waals surface area contributed by atoms with Crippen molar-refractivity contribution in [2.45, 2.75) is 45.6 Å². The number of ether oxygens (including phenoxy) is 2. The highest BCUT2D eigenvalue weighted by Gasteiger charge is 2.22. The lowest BCUT2D eigenvalue weighted by atomic mass is 9.92. The summed E-state index contributed by atoms with van der Waals surface area (Å²) in [5, 5.41) is 19.5. The van der Waals surface area contributed by atoms with E-state index < -0.39 is 6.10 Å². The third-order valence-corrected chi connectivity index (χ3v) is 4.58. The molecular weight excluding hydrogens is 378 g/mol. The number of anilines is 1. The number of hydrogen-bond acceptors (Lipinski definition) is 5. The summed E-state index contributed by atoms with van der Waals surface area (Å²) in [7, 11) is 3.09. The molecule has 0 spiro atoms. The molecule has 1 atom stereocenters. The van der Waals surface area contributed by atoms with Gasteiger partial charge in [0.15, 0.2) is 11.5 Å². The molecule has 1 unspecified atom stereocenters. The van der Waals surface area contributed by atoms with Crippen LogP contribution >= 0.6 is 11.6 Å². The standard InChI is InChI=1S/C18H22ClNO3.C4H10O/c1-10(2)13-8-11(19)9-14(16(13)20)17(21)12-6-5-7-15(22-3)18(12)23-4;1-2-3-4-5/h5-10,17,21H,20H2,1-4H3;5H,2-4H2,1H3. The number of benzene rings is 2. The number of para-hydroxylation sites is 1. The third kappa shape index (κ3) is 6.03. The fourth-order valence-electron chi connectivity index (χ4n) is 2.82. The van der Waals surface area contributed by atoms with Crippen LogP contribution in [0.5, 0.6) is 11.5 Å². The Kier molecular flexibility index (Phi) is 10.1. The van der Waals surface area contributed by atoms with Gasteiger partial charge in [-0.1, -0.05) is 50.9 Å². The first-order chi connectivity index (χ1) is 13.3. The van der Waals surface area contributed by atoms with Crippen LogP contribution in [-0.2, 0) is 0 Å². The van der Waals surface area contributed by atoms with Crippen LogP contribution in [0.15, 0.2) is 30.3 Å².